The number of benzene rings is 2. The van der Waals surface area contributed by atoms with Crippen molar-refractivity contribution in [1.82, 2.24) is 0 Å². The standard InChI is InChI=1S/C13H11O2/c14-8-3-9-15-13-7-6-11-4-1-2-5-12(11)10-13/h1-2,4-7,10H,3,9H2. The van der Waals surface area contributed by atoms with Gasteiger partial charge in [-0.3, -0.25) is 4.79 Å². The fraction of sp³-hybridized carbons (Fsp3) is 0.154. The summed E-state index contributed by atoms with van der Waals surface area (Å²) in [5.41, 5.74) is 0. The van der Waals surface area contributed by atoms with Gasteiger partial charge in [-0.15, -0.1) is 0 Å². The van der Waals surface area contributed by atoms with Crippen LogP contribution in [-0.2, 0) is 4.79 Å². The Morgan fingerprint density at radius 3 is 2.67 bits per heavy atom. The molecule has 0 aliphatic carbocycles. The number of ether oxygens (including phenoxy) is 1. The Morgan fingerprint density at radius 2 is 1.87 bits per heavy atom. The minimum atomic E-state index is 0.312. The lowest BCUT2D eigenvalue weighted by atomic mass is 10.1. The van der Waals surface area contributed by atoms with E-state index in [0.29, 0.717) is 13.0 Å². The Hall–Kier alpha value is -1.83. The van der Waals surface area contributed by atoms with Gasteiger partial charge in [-0.2, -0.15) is 0 Å². The highest BCUT2D eigenvalue weighted by Crippen LogP contribution is 2.20. The van der Waals surface area contributed by atoms with Crippen molar-refractivity contribution >= 4 is 17.1 Å². The summed E-state index contributed by atoms with van der Waals surface area (Å²) in [7, 11) is 0. The second-order valence-electron chi connectivity index (χ2n) is 3.25. The highest BCUT2D eigenvalue weighted by molar-refractivity contribution is 5.83. The summed E-state index contributed by atoms with van der Waals surface area (Å²) in [6, 6.07) is 14.0. The summed E-state index contributed by atoms with van der Waals surface area (Å²) in [6.45, 7) is 0.391. The van der Waals surface area contributed by atoms with Crippen molar-refractivity contribution in [2.24, 2.45) is 0 Å². The topological polar surface area (TPSA) is 26.3 Å². The summed E-state index contributed by atoms with van der Waals surface area (Å²) in [4.78, 5) is 10.0. The maximum absolute atomic E-state index is 10.0. The van der Waals surface area contributed by atoms with E-state index < -0.39 is 0 Å². The normalized spacial score (nSPS) is 10.1. The second kappa shape index (κ2) is 4.60. The molecule has 0 amide bonds. The van der Waals surface area contributed by atoms with E-state index in [4.69, 9.17) is 4.74 Å². The number of hydrogen-bond acceptors (Lipinski definition) is 2. The molecule has 2 heteroatoms. The van der Waals surface area contributed by atoms with Crippen molar-refractivity contribution in [1.29, 1.82) is 0 Å². The molecular weight excluding hydrogens is 188 g/mol. The predicted molar refractivity (Wildman–Crippen MR) is 59.8 cm³/mol. The SMILES string of the molecule is O=[C]CCOc1ccc2ccccc2c1. The van der Waals surface area contributed by atoms with Gasteiger partial charge in [0.15, 0.2) is 0 Å². The van der Waals surface area contributed by atoms with Gasteiger partial charge in [-0.05, 0) is 22.9 Å². The molecule has 2 aromatic rings. The highest BCUT2D eigenvalue weighted by Gasteiger charge is 1.96. The molecule has 0 spiro atoms. The number of carbonyl (C=O) groups excluding carboxylic acids is 1. The van der Waals surface area contributed by atoms with Crippen molar-refractivity contribution in [2.75, 3.05) is 6.61 Å². The first-order chi connectivity index (χ1) is 7.40. The Kier molecular flexibility index (Phi) is 2.98. The van der Waals surface area contributed by atoms with E-state index in [9.17, 15) is 4.79 Å². The zero-order valence-electron chi connectivity index (χ0n) is 8.27. The molecule has 2 aromatic carbocycles. The lowest BCUT2D eigenvalue weighted by molar-refractivity contribution is 0.327. The van der Waals surface area contributed by atoms with Gasteiger partial charge in [0.2, 0.25) is 6.29 Å². The van der Waals surface area contributed by atoms with Crippen LogP contribution in [0.25, 0.3) is 10.8 Å². The molecule has 1 radical (unpaired) electrons. The fourth-order valence-electron chi connectivity index (χ4n) is 1.47. The molecule has 75 valence electrons. The summed E-state index contributed by atoms with van der Waals surface area (Å²) in [6.07, 6.45) is 2.11. The quantitative estimate of drug-likeness (QED) is 0.708. The summed E-state index contributed by atoms with van der Waals surface area (Å²) in [5, 5.41) is 2.33. The van der Waals surface area contributed by atoms with Gasteiger partial charge in [0.1, 0.15) is 5.75 Å². The van der Waals surface area contributed by atoms with Crippen molar-refractivity contribution in [3.63, 3.8) is 0 Å². The zero-order chi connectivity index (χ0) is 10.5. The average Bonchev–Trinajstić information content (AvgIpc) is 2.29. The van der Waals surface area contributed by atoms with E-state index in [2.05, 4.69) is 6.07 Å². The third-order valence-corrected chi connectivity index (χ3v) is 2.19. The first kappa shape index (κ1) is 9.71. The monoisotopic (exact) mass is 199 g/mol. The minimum absolute atomic E-state index is 0.312. The Labute approximate surface area is 88.5 Å². The maximum atomic E-state index is 10.0. The molecule has 2 nitrogen and oxygen atoms in total. The molecule has 0 aliphatic heterocycles. The predicted octanol–water partition coefficient (Wildman–Crippen LogP) is 2.72. The number of hydrogen-bond donors (Lipinski definition) is 0. The van der Waals surface area contributed by atoms with E-state index >= 15 is 0 Å². The van der Waals surface area contributed by atoms with E-state index in [1.807, 2.05) is 36.4 Å². The van der Waals surface area contributed by atoms with Crippen LogP contribution in [0.1, 0.15) is 6.42 Å². The molecule has 0 saturated carbocycles. The van der Waals surface area contributed by atoms with Gasteiger partial charge in [0.05, 0.1) is 6.61 Å². The zero-order valence-corrected chi connectivity index (χ0v) is 8.27. The molecule has 0 heterocycles. The van der Waals surface area contributed by atoms with Crippen LogP contribution < -0.4 is 4.74 Å². The Balaban J connectivity index is 2.19. The van der Waals surface area contributed by atoms with Crippen LogP contribution in [0.15, 0.2) is 42.5 Å². The number of fused-ring (bicyclic) bond motifs is 1. The van der Waals surface area contributed by atoms with Crippen LogP contribution in [0.2, 0.25) is 0 Å². The fourth-order valence-corrected chi connectivity index (χ4v) is 1.47. The Morgan fingerprint density at radius 1 is 1.07 bits per heavy atom. The highest BCUT2D eigenvalue weighted by atomic mass is 16.5. The van der Waals surface area contributed by atoms with E-state index in [1.165, 1.54) is 5.39 Å². The molecule has 0 N–H and O–H groups in total. The van der Waals surface area contributed by atoms with Crippen LogP contribution in [-0.4, -0.2) is 12.9 Å². The molecule has 15 heavy (non-hydrogen) atoms. The Bertz CT molecular complexity index is 463. The van der Waals surface area contributed by atoms with E-state index in [1.54, 1.807) is 6.29 Å². The lowest BCUT2D eigenvalue weighted by Gasteiger charge is -2.04. The molecule has 0 unspecified atom stereocenters. The molecule has 0 atom stereocenters. The molecule has 0 fully saturated rings. The summed E-state index contributed by atoms with van der Waals surface area (Å²) >= 11 is 0. The molecule has 0 bridgehead atoms. The van der Waals surface area contributed by atoms with Crippen molar-refractivity contribution in [3.8, 4) is 5.75 Å². The van der Waals surface area contributed by atoms with Crippen molar-refractivity contribution in [2.45, 2.75) is 6.42 Å². The van der Waals surface area contributed by atoms with Crippen LogP contribution in [0.4, 0.5) is 0 Å². The molecule has 0 saturated heterocycles. The molecular formula is C13H11O2. The van der Waals surface area contributed by atoms with Crippen LogP contribution in [0.5, 0.6) is 5.75 Å². The molecule has 0 aliphatic rings. The van der Waals surface area contributed by atoms with Crippen LogP contribution >= 0.6 is 0 Å². The van der Waals surface area contributed by atoms with Gasteiger partial charge in [0, 0.05) is 6.42 Å². The third kappa shape index (κ3) is 2.34. The van der Waals surface area contributed by atoms with Gasteiger partial charge in [-0.1, -0.05) is 30.3 Å². The van der Waals surface area contributed by atoms with E-state index in [0.717, 1.165) is 11.1 Å². The minimum Gasteiger partial charge on any atom is -0.493 e. The van der Waals surface area contributed by atoms with Gasteiger partial charge in [-0.25, -0.2) is 0 Å². The second-order valence-corrected chi connectivity index (χ2v) is 3.25. The first-order valence-corrected chi connectivity index (χ1v) is 4.87. The van der Waals surface area contributed by atoms with Crippen LogP contribution in [0, 0.1) is 0 Å². The van der Waals surface area contributed by atoms with E-state index in [-0.39, 0.29) is 0 Å². The van der Waals surface area contributed by atoms with Gasteiger partial charge < -0.3 is 4.74 Å². The summed E-state index contributed by atoms with van der Waals surface area (Å²) < 4.78 is 5.39. The lowest BCUT2D eigenvalue weighted by Crippen LogP contribution is -1.97. The van der Waals surface area contributed by atoms with Crippen LogP contribution in [0.3, 0.4) is 0 Å². The largest absolute Gasteiger partial charge is 0.493 e. The maximum Gasteiger partial charge on any atom is 0.201 e. The third-order valence-electron chi connectivity index (χ3n) is 2.19. The number of rotatable bonds is 4. The molecule has 2 rings (SSSR count). The first-order valence-electron chi connectivity index (χ1n) is 4.87. The van der Waals surface area contributed by atoms with Crippen molar-refractivity contribution in [3.05, 3.63) is 42.5 Å². The van der Waals surface area contributed by atoms with Gasteiger partial charge >= 0.3 is 0 Å². The smallest absolute Gasteiger partial charge is 0.201 e. The van der Waals surface area contributed by atoms with Gasteiger partial charge in [0.25, 0.3) is 0 Å². The molecule has 0 aromatic heterocycles. The van der Waals surface area contributed by atoms with Crippen molar-refractivity contribution < 1.29 is 9.53 Å². The average molecular weight is 199 g/mol. The summed E-state index contributed by atoms with van der Waals surface area (Å²) in [5.74, 6) is 0.795.